The van der Waals surface area contributed by atoms with Crippen LogP contribution in [0.2, 0.25) is 0 Å². The van der Waals surface area contributed by atoms with E-state index in [1.165, 1.54) is 6.20 Å². The molecule has 1 fully saturated rings. The number of benzene rings is 1. The fourth-order valence-corrected chi connectivity index (χ4v) is 2.60. The van der Waals surface area contributed by atoms with E-state index in [4.69, 9.17) is 0 Å². The lowest BCUT2D eigenvalue weighted by molar-refractivity contribution is 0.0924. The molecule has 24 heavy (non-hydrogen) atoms. The number of hydrogen-bond donors (Lipinski definition) is 2. The highest BCUT2D eigenvalue weighted by Gasteiger charge is 2.37. The molecule has 120 valence electrons. The van der Waals surface area contributed by atoms with Crippen LogP contribution >= 0.6 is 0 Å². The Hall–Kier alpha value is -3.22. The van der Waals surface area contributed by atoms with Crippen molar-refractivity contribution >= 4 is 29.2 Å². The first kappa shape index (κ1) is 14.4. The smallest absolute Gasteiger partial charge is 0.319 e. The fourth-order valence-electron chi connectivity index (χ4n) is 2.60. The van der Waals surface area contributed by atoms with Crippen LogP contribution in [0, 0.1) is 0 Å². The van der Waals surface area contributed by atoms with Gasteiger partial charge in [-0.1, -0.05) is 6.07 Å². The van der Waals surface area contributed by atoms with Crippen molar-refractivity contribution in [2.75, 3.05) is 10.2 Å². The number of carbonyl (C=O) groups is 3. The van der Waals surface area contributed by atoms with Crippen molar-refractivity contribution < 1.29 is 14.4 Å². The molecule has 1 aliphatic carbocycles. The number of anilines is 2. The minimum absolute atomic E-state index is 0.146. The van der Waals surface area contributed by atoms with Crippen molar-refractivity contribution in [3.05, 3.63) is 53.9 Å². The lowest BCUT2D eigenvalue weighted by Gasteiger charge is -2.15. The van der Waals surface area contributed by atoms with Gasteiger partial charge in [0.15, 0.2) is 0 Å². The number of aromatic nitrogens is 1. The largest absolute Gasteiger partial charge is 0.335 e. The molecule has 7 nitrogen and oxygen atoms in total. The molecule has 1 saturated carbocycles. The molecule has 2 N–H and O–H groups in total. The van der Waals surface area contributed by atoms with Gasteiger partial charge in [0.05, 0.1) is 11.3 Å². The van der Waals surface area contributed by atoms with Gasteiger partial charge in [-0.15, -0.1) is 0 Å². The van der Waals surface area contributed by atoms with E-state index < -0.39 is 11.8 Å². The van der Waals surface area contributed by atoms with Crippen LogP contribution in [0.4, 0.5) is 16.2 Å². The van der Waals surface area contributed by atoms with Gasteiger partial charge in [0, 0.05) is 17.9 Å². The summed E-state index contributed by atoms with van der Waals surface area (Å²) < 4.78 is 0. The molecule has 1 aromatic heterocycles. The average molecular weight is 322 g/mol. The van der Waals surface area contributed by atoms with E-state index >= 15 is 0 Å². The van der Waals surface area contributed by atoms with Gasteiger partial charge in [-0.3, -0.25) is 14.6 Å². The summed E-state index contributed by atoms with van der Waals surface area (Å²) in [5.74, 6) is -0.877. The molecule has 2 heterocycles. The Morgan fingerprint density at radius 1 is 1.12 bits per heavy atom. The number of pyridine rings is 1. The number of urea groups is 1. The maximum absolute atomic E-state index is 12.5. The van der Waals surface area contributed by atoms with Crippen LogP contribution < -0.4 is 15.5 Å². The summed E-state index contributed by atoms with van der Waals surface area (Å²) in [6.07, 6.45) is 3.47. The van der Waals surface area contributed by atoms with Crippen LogP contribution in [0.5, 0.6) is 0 Å². The molecule has 1 aliphatic heterocycles. The van der Waals surface area contributed by atoms with Crippen molar-refractivity contribution in [1.82, 2.24) is 10.3 Å². The van der Waals surface area contributed by atoms with Crippen molar-refractivity contribution in [1.29, 1.82) is 0 Å². The zero-order valence-corrected chi connectivity index (χ0v) is 12.7. The summed E-state index contributed by atoms with van der Waals surface area (Å²) in [5.41, 5.74) is 1.34. The number of amides is 4. The number of fused-ring (bicyclic) bond motifs is 1. The van der Waals surface area contributed by atoms with Crippen LogP contribution in [0.15, 0.2) is 42.6 Å². The summed E-state index contributed by atoms with van der Waals surface area (Å²) in [6, 6.07) is 9.77. The Kier molecular flexibility index (Phi) is 3.26. The Morgan fingerprint density at radius 2 is 1.96 bits per heavy atom. The SMILES string of the molecule is O=C(Nc1cccc(N2C(=O)c3cccnc3C2=O)c1)NC1CC1. The first-order chi connectivity index (χ1) is 11.6. The molecule has 0 radical (unpaired) electrons. The Bertz CT molecular complexity index is 825. The molecule has 7 heteroatoms. The third-order valence-corrected chi connectivity index (χ3v) is 3.92. The number of carbonyl (C=O) groups excluding carboxylic acids is 3. The van der Waals surface area contributed by atoms with Crippen LogP contribution in [0.25, 0.3) is 0 Å². The Labute approximate surface area is 137 Å². The summed E-state index contributed by atoms with van der Waals surface area (Å²) in [7, 11) is 0. The van der Waals surface area contributed by atoms with Gasteiger partial charge in [-0.2, -0.15) is 0 Å². The molecule has 0 atom stereocenters. The highest BCUT2D eigenvalue weighted by Crippen LogP contribution is 2.28. The van der Waals surface area contributed by atoms with Gasteiger partial charge in [-0.05, 0) is 43.2 Å². The van der Waals surface area contributed by atoms with Gasteiger partial charge >= 0.3 is 6.03 Å². The molecule has 2 aliphatic rings. The second kappa shape index (κ2) is 5.45. The van der Waals surface area contributed by atoms with Crippen molar-refractivity contribution in [2.45, 2.75) is 18.9 Å². The van der Waals surface area contributed by atoms with E-state index in [2.05, 4.69) is 15.6 Å². The van der Waals surface area contributed by atoms with Crippen molar-refractivity contribution in [2.24, 2.45) is 0 Å². The van der Waals surface area contributed by atoms with Gasteiger partial charge in [0.25, 0.3) is 11.8 Å². The van der Waals surface area contributed by atoms with Crippen molar-refractivity contribution in [3.8, 4) is 0 Å². The van der Waals surface area contributed by atoms with Gasteiger partial charge in [-0.25, -0.2) is 9.69 Å². The summed E-state index contributed by atoms with van der Waals surface area (Å²) in [6.45, 7) is 0. The van der Waals surface area contributed by atoms with E-state index in [0.717, 1.165) is 17.7 Å². The monoisotopic (exact) mass is 322 g/mol. The van der Waals surface area contributed by atoms with E-state index in [1.807, 2.05) is 0 Å². The predicted molar refractivity (Wildman–Crippen MR) is 87.0 cm³/mol. The Morgan fingerprint density at radius 3 is 2.71 bits per heavy atom. The summed E-state index contributed by atoms with van der Waals surface area (Å²) in [5, 5.41) is 5.53. The van der Waals surface area contributed by atoms with E-state index in [0.29, 0.717) is 11.4 Å². The number of imide groups is 1. The summed E-state index contributed by atoms with van der Waals surface area (Å²) in [4.78, 5) is 41.8. The van der Waals surface area contributed by atoms with E-state index in [-0.39, 0.29) is 23.3 Å². The molecule has 4 amide bonds. The maximum atomic E-state index is 12.5. The number of rotatable bonds is 3. The number of nitrogens with zero attached hydrogens (tertiary/aromatic N) is 2. The Balaban J connectivity index is 1.58. The minimum atomic E-state index is -0.463. The molecular weight excluding hydrogens is 308 g/mol. The second-order valence-electron chi connectivity index (χ2n) is 5.77. The highest BCUT2D eigenvalue weighted by atomic mass is 16.2. The standard InChI is InChI=1S/C17H14N4O3/c22-15-13-5-2-8-18-14(13)16(23)21(15)12-4-1-3-11(9-12)20-17(24)19-10-6-7-10/h1-5,8-10H,6-7H2,(H2,19,20,24). The molecule has 2 aromatic rings. The van der Waals surface area contributed by atoms with Crippen LogP contribution in [-0.4, -0.2) is 28.9 Å². The first-order valence-electron chi connectivity index (χ1n) is 7.65. The van der Waals surface area contributed by atoms with Crippen LogP contribution in [0.1, 0.15) is 33.7 Å². The lowest BCUT2D eigenvalue weighted by atomic mass is 10.2. The third-order valence-electron chi connectivity index (χ3n) is 3.92. The van der Waals surface area contributed by atoms with Crippen molar-refractivity contribution in [3.63, 3.8) is 0 Å². The normalized spacial score (nSPS) is 16.1. The van der Waals surface area contributed by atoms with Crippen LogP contribution in [-0.2, 0) is 0 Å². The molecule has 0 spiro atoms. The minimum Gasteiger partial charge on any atom is -0.335 e. The molecule has 4 rings (SSSR count). The van der Waals surface area contributed by atoms with E-state index in [9.17, 15) is 14.4 Å². The topological polar surface area (TPSA) is 91.4 Å². The van der Waals surface area contributed by atoms with Gasteiger partial charge in [0.2, 0.25) is 0 Å². The molecule has 0 unspecified atom stereocenters. The van der Waals surface area contributed by atoms with Gasteiger partial charge in [0.1, 0.15) is 5.69 Å². The molecule has 0 saturated heterocycles. The molecule has 1 aromatic carbocycles. The predicted octanol–water partition coefficient (Wildman–Crippen LogP) is 2.17. The second-order valence-corrected chi connectivity index (χ2v) is 5.77. The molecular formula is C17H14N4O3. The zero-order valence-electron chi connectivity index (χ0n) is 12.7. The zero-order chi connectivity index (χ0) is 16.7. The van der Waals surface area contributed by atoms with E-state index in [1.54, 1.807) is 36.4 Å². The fraction of sp³-hybridized carbons (Fsp3) is 0.176. The average Bonchev–Trinajstić information content (AvgIpc) is 3.34. The molecule has 0 bridgehead atoms. The van der Waals surface area contributed by atoms with Gasteiger partial charge < -0.3 is 10.6 Å². The summed E-state index contributed by atoms with van der Waals surface area (Å²) >= 11 is 0. The van der Waals surface area contributed by atoms with Crippen LogP contribution in [0.3, 0.4) is 0 Å². The first-order valence-corrected chi connectivity index (χ1v) is 7.65. The number of nitrogens with one attached hydrogen (secondary N) is 2. The number of hydrogen-bond acceptors (Lipinski definition) is 4. The third kappa shape index (κ3) is 2.50. The highest BCUT2D eigenvalue weighted by molar-refractivity contribution is 6.33. The maximum Gasteiger partial charge on any atom is 0.319 e. The lowest BCUT2D eigenvalue weighted by Crippen LogP contribution is -2.31. The quantitative estimate of drug-likeness (QED) is 0.847.